The van der Waals surface area contributed by atoms with Crippen molar-refractivity contribution in [1.29, 1.82) is 0 Å². The Hall–Kier alpha value is -1.06. The summed E-state index contributed by atoms with van der Waals surface area (Å²) in [6, 6.07) is 3.57. The monoisotopic (exact) mass is 227 g/mol. The van der Waals surface area contributed by atoms with E-state index in [4.69, 9.17) is 22.4 Å². The lowest BCUT2D eigenvalue weighted by Crippen LogP contribution is -2.22. The van der Waals surface area contributed by atoms with Crippen LogP contribution in [0.4, 0.5) is 0 Å². The largest absolute Gasteiger partial charge is 0.481 e. The predicted octanol–water partition coefficient (Wildman–Crippen LogP) is 2.08. The van der Waals surface area contributed by atoms with Gasteiger partial charge in [0.2, 0.25) is 0 Å². The minimum atomic E-state index is -0.901. The summed E-state index contributed by atoms with van der Waals surface area (Å²) in [4.78, 5) is 11.0. The molecule has 0 saturated carbocycles. The van der Waals surface area contributed by atoms with Gasteiger partial charge in [-0.1, -0.05) is 17.7 Å². The summed E-state index contributed by atoms with van der Waals surface area (Å²) in [6.07, 6.45) is 0. The van der Waals surface area contributed by atoms with Gasteiger partial charge in [-0.05, 0) is 36.6 Å². The zero-order valence-electron chi connectivity index (χ0n) is 8.75. The summed E-state index contributed by atoms with van der Waals surface area (Å²) in [6.45, 7) is 3.78. The molecule has 0 bridgehead atoms. The number of carboxylic acids is 1. The molecule has 0 saturated heterocycles. The van der Waals surface area contributed by atoms with Crippen molar-refractivity contribution < 1.29 is 9.90 Å². The van der Waals surface area contributed by atoms with E-state index in [9.17, 15) is 4.79 Å². The summed E-state index contributed by atoms with van der Waals surface area (Å²) in [5.41, 5.74) is 7.93. The van der Waals surface area contributed by atoms with Gasteiger partial charge < -0.3 is 10.8 Å². The molecule has 4 heteroatoms. The Morgan fingerprint density at radius 3 is 2.53 bits per heavy atom. The lowest BCUT2D eigenvalue weighted by atomic mass is 9.93. The first-order valence-electron chi connectivity index (χ1n) is 4.67. The van der Waals surface area contributed by atoms with E-state index < -0.39 is 11.9 Å². The molecule has 0 spiro atoms. The van der Waals surface area contributed by atoms with E-state index in [0.717, 1.165) is 16.7 Å². The fraction of sp³-hybridized carbons (Fsp3) is 0.364. The van der Waals surface area contributed by atoms with Crippen molar-refractivity contribution in [1.82, 2.24) is 0 Å². The van der Waals surface area contributed by atoms with Crippen LogP contribution in [0.2, 0.25) is 5.02 Å². The average molecular weight is 228 g/mol. The highest BCUT2D eigenvalue weighted by atomic mass is 35.5. The van der Waals surface area contributed by atoms with Crippen molar-refractivity contribution in [3.8, 4) is 0 Å². The van der Waals surface area contributed by atoms with Crippen molar-refractivity contribution >= 4 is 17.6 Å². The number of nitrogens with two attached hydrogens (primary N) is 1. The SMILES string of the molecule is Cc1cc(C(CN)C(=O)O)c(C)cc1Cl. The van der Waals surface area contributed by atoms with Crippen LogP contribution >= 0.6 is 11.6 Å². The molecule has 3 nitrogen and oxygen atoms in total. The molecule has 0 radical (unpaired) electrons. The van der Waals surface area contributed by atoms with Crippen molar-refractivity contribution in [2.75, 3.05) is 6.54 Å². The first kappa shape index (κ1) is 12.0. The maximum absolute atomic E-state index is 11.0. The number of hydrogen-bond donors (Lipinski definition) is 2. The molecule has 1 unspecified atom stereocenters. The lowest BCUT2D eigenvalue weighted by molar-refractivity contribution is -0.138. The summed E-state index contributed by atoms with van der Waals surface area (Å²) in [5.74, 6) is -1.55. The molecular formula is C11H14ClNO2. The second-order valence-electron chi connectivity index (χ2n) is 3.58. The summed E-state index contributed by atoms with van der Waals surface area (Å²) < 4.78 is 0. The Morgan fingerprint density at radius 2 is 2.07 bits per heavy atom. The Morgan fingerprint density at radius 1 is 1.47 bits per heavy atom. The van der Waals surface area contributed by atoms with Crippen LogP contribution in [-0.2, 0) is 4.79 Å². The number of rotatable bonds is 3. The molecule has 0 aliphatic heterocycles. The van der Waals surface area contributed by atoms with Gasteiger partial charge in [0.05, 0.1) is 5.92 Å². The molecule has 1 rings (SSSR count). The zero-order chi connectivity index (χ0) is 11.6. The number of aryl methyl sites for hydroxylation is 2. The van der Waals surface area contributed by atoms with Crippen LogP contribution in [0, 0.1) is 13.8 Å². The maximum Gasteiger partial charge on any atom is 0.312 e. The Balaban J connectivity index is 3.24. The molecular weight excluding hydrogens is 214 g/mol. The van der Waals surface area contributed by atoms with Crippen LogP contribution in [0.5, 0.6) is 0 Å². The smallest absolute Gasteiger partial charge is 0.312 e. The Kier molecular flexibility index (Phi) is 3.72. The van der Waals surface area contributed by atoms with Gasteiger partial charge in [-0.25, -0.2) is 0 Å². The van der Waals surface area contributed by atoms with Crippen molar-refractivity contribution in [2.24, 2.45) is 5.73 Å². The topological polar surface area (TPSA) is 63.3 Å². The molecule has 3 N–H and O–H groups in total. The molecule has 0 aromatic heterocycles. The fourth-order valence-corrected chi connectivity index (χ4v) is 1.76. The summed E-state index contributed by atoms with van der Waals surface area (Å²) in [7, 11) is 0. The van der Waals surface area contributed by atoms with Gasteiger partial charge in [-0.3, -0.25) is 4.79 Å². The van der Waals surface area contributed by atoms with Gasteiger partial charge in [0.15, 0.2) is 0 Å². The minimum Gasteiger partial charge on any atom is -0.481 e. The second-order valence-corrected chi connectivity index (χ2v) is 3.99. The predicted molar refractivity (Wildman–Crippen MR) is 60.4 cm³/mol. The van der Waals surface area contributed by atoms with Gasteiger partial charge in [-0.15, -0.1) is 0 Å². The van der Waals surface area contributed by atoms with Crippen LogP contribution in [0.3, 0.4) is 0 Å². The van der Waals surface area contributed by atoms with Crippen LogP contribution in [0.25, 0.3) is 0 Å². The number of carboxylic acid groups (broad SMARTS) is 1. The van der Waals surface area contributed by atoms with E-state index in [0.29, 0.717) is 5.02 Å². The van der Waals surface area contributed by atoms with E-state index in [1.807, 2.05) is 13.8 Å². The van der Waals surface area contributed by atoms with Crippen LogP contribution in [0.15, 0.2) is 12.1 Å². The summed E-state index contributed by atoms with van der Waals surface area (Å²) >= 11 is 5.93. The van der Waals surface area contributed by atoms with Gasteiger partial charge >= 0.3 is 5.97 Å². The molecule has 82 valence electrons. The number of aliphatic carboxylic acids is 1. The van der Waals surface area contributed by atoms with Crippen molar-refractivity contribution in [2.45, 2.75) is 19.8 Å². The maximum atomic E-state index is 11.0. The van der Waals surface area contributed by atoms with Crippen molar-refractivity contribution in [3.05, 3.63) is 33.8 Å². The molecule has 0 fully saturated rings. The van der Waals surface area contributed by atoms with Gasteiger partial charge in [0, 0.05) is 11.6 Å². The molecule has 0 amide bonds. The average Bonchev–Trinajstić information content (AvgIpc) is 2.14. The molecule has 0 heterocycles. The molecule has 1 atom stereocenters. The normalized spacial score (nSPS) is 12.5. The minimum absolute atomic E-state index is 0.0945. The zero-order valence-corrected chi connectivity index (χ0v) is 9.51. The lowest BCUT2D eigenvalue weighted by Gasteiger charge is -2.14. The fourth-order valence-electron chi connectivity index (χ4n) is 1.54. The number of benzene rings is 1. The van der Waals surface area contributed by atoms with Gasteiger partial charge in [-0.2, -0.15) is 0 Å². The van der Waals surface area contributed by atoms with Crippen molar-refractivity contribution in [3.63, 3.8) is 0 Å². The van der Waals surface area contributed by atoms with Crippen LogP contribution < -0.4 is 5.73 Å². The number of halogens is 1. The first-order valence-corrected chi connectivity index (χ1v) is 5.04. The van der Waals surface area contributed by atoms with E-state index in [-0.39, 0.29) is 6.54 Å². The highest BCUT2D eigenvalue weighted by Gasteiger charge is 2.20. The third-order valence-electron chi connectivity index (χ3n) is 2.46. The standard InChI is InChI=1S/C11H14ClNO2/c1-6-4-10(12)7(2)3-8(6)9(5-13)11(14)15/h3-4,9H,5,13H2,1-2H3,(H,14,15). The quantitative estimate of drug-likeness (QED) is 0.831. The summed E-state index contributed by atoms with van der Waals surface area (Å²) in [5, 5.41) is 9.65. The molecule has 0 aliphatic rings. The molecule has 1 aromatic carbocycles. The molecule has 0 aliphatic carbocycles. The number of carbonyl (C=O) groups is 1. The van der Waals surface area contributed by atoms with E-state index in [1.165, 1.54) is 0 Å². The van der Waals surface area contributed by atoms with E-state index in [1.54, 1.807) is 12.1 Å². The van der Waals surface area contributed by atoms with E-state index >= 15 is 0 Å². The van der Waals surface area contributed by atoms with E-state index in [2.05, 4.69) is 0 Å². The Labute approximate surface area is 93.9 Å². The molecule has 1 aromatic rings. The molecule has 15 heavy (non-hydrogen) atoms. The highest BCUT2D eigenvalue weighted by Crippen LogP contribution is 2.25. The first-order chi connectivity index (χ1) is 6.97. The second kappa shape index (κ2) is 4.64. The van der Waals surface area contributed by atoms with Gasteiger partial charge in [0.25, 0.3) is 0 Å². The van der Waals surface area contributed by atoms with Crippen LogP contribution in [-0.4, -0.2) is 17.6 Å². The van der Waals surface area contributed by atoms with Gasteiger partial charge in [0.1, 0.15) is 0 Å². The third-order valence-corrected chi connectivity index (χ3v) is 2.86. The number of hydrogen-bond acceptors (Lipinski definition) is 2. The van der Waals surface area contributed by atoms with Crippen LogP contribution in [0.1, 0.15) is 22.6 Å². The highest BCUT2D eigenvalue weighted by molar-refractivity contribution is 6.31. The Bertz CT molecular complexity index is 390. The third kappa shape index (κ3) is 2.49.